The lowest BCUT2D eigenvalue weighted by Gasteiger charge is -2.32. The summed E-state index contributed by atoms with van der Waals surface area (Å²) in [6.07, 6.45) is 0.476. The van der Waals surface area contributed by atoms with E-state index in [4.69, 9.17) is 0 Å². The van der Waals surface area contributed by atoms with Gasteiger partial charge in [0.1, 0.15) is 11.9 Å². The molecule has 0 radical (unpaired) electrons. The van der Waals surface area contributed by atoms with Crippen molar-refractivity contribution >= 4 is 11.8 Å². The van der Waals surface area contributed by atoms with Crippen LogP contribution >= 0.6 is 0 Å². The van der Waals surface area contributed by atoms with Crippen LogP contribution in [0.3, 0.4) is 0 Å². The van der Waals surface area contributed by atoms with E-state index >= 15 is 0 Å². The number of benzene rings is 3. The van der Waals surface area contributed by atoms with Gasteiger partial charge in [-0.25, -0.2) is 4.39 Å². The van der Waals surface area contributed by atoms with E-state index in [0.29, 0.717) is 12.0 Å². The van der Waals surface area contributed by atoms with Crippen molar-refractivity contribution in [3.05, 3.63) is 107 Å². The van der Waals surface area contributed by atoms with Crippen LogP contribution in [-0.2, 0) is 29.0 Å². The van der Waals surface area contributed by atoms with E-state index in [1.54, 1.807) is 18.2 Å². The van der Waals surface area contributed by atoms with Crippen LogP contribution in [0.25, 0.3) is 0 Å². The van der Waals surface area contributed by atoms with Crippen molar-refractivity contribution in [1.82, 2.24) is 10.2 Å². The number of hydrogen-bond acceptors (Lipinski definition) is 2. The fourth-order valence-corrected chi connectivity index (χ4v) is 3.62. The molecule has 3 rings (SSSR count). The fraction of sp³-hybridized carbons (Fsp3) is 0.259. The highest BCUT2D eigenvalue weighted by atomic mass is 19.1. The third-order valence-electron chi connectivity index (χ3n) is 5.20. The Bertz CT molecular complexity index is 1020. The lowest BCUT2D eigenvalue weighted by Crippen LogP contribution is -2.52. The Kier molecular flexibility index (Phi) is 8.14. The van der Waals surface area contributed by atoms with Gasteiger partial charge in [-0.15, -0.1) is 0 Å². The molecule has 3 aromatic carbocycles. The van der Waals surface area contributed by atoms with Gasteiger partial charge in [0.05, 0.1) is 6.42 Å². The summed E-state index contributed by atoms with van der Waals surface area (Å²) in [4.78, 5) is 28.2. The van der Waals surface area contributed by atoms with Crippen LogP contribution < -0.4 is 5.32 Å². The molecule has 0 fully saturated rings. The molecule has 1 unspecified atom stereocenters. The molecular weight excluding hydrogens is 403 g/mol. The van der Waals surface area contributed by atoms with Crippen molar-refractivity contribution in [3.8, 4) is 0 Å². The van der Waals surface area contributed by atoms with E-state index in [9.17, 15) is 14.0 Å². The van der Waals surface area contributed by atoms with Crippen LogP contribution in [0.2, 0.25) is 0 Å². The molecule has 0 saturated heterocycles. The molecule has 32 heavy (non-hydrogen) atoms. The summed E-state index contributed by atoms with van der Waals surface area (Å²) in [5.41, 5.74) is 2.16. The van der Waals surface area contributed by atoms with Gasteiger partial charge < -0.3 is 10.2 Å². The van der Waals surface area contributed by atoms with Crippen LogP contribution in [0.15, 0.2) is 84.9 Å². The number of halogens is 1. The predicted molar refractivity (Wildman–Crippen MR) is 124 cm³/mol. The van der Waals surface area contributed by atoms with Gasteiger partial charge in [0, 0.05) is 24.6 Å². The van der Waals surface area contributed by atoms with E-state index in [0.717, 1.165) is 11.1 Å². The third kappa shape index (κ3) is 6.51. The lowest BCUT2D eigenvalue weighted by molar-refractivity contribution is -0.141. The molecule has 3 aromatic rings. The highest BCUT2D eigenvalue weighted by molar-refractivity contribution is 5.89. The normalized spacial score (nSPS) is 11.8. The number of rotatable bonds is 9. The van der Waals surface area contributed by atoms with Gasteiger partial charge in [-0.1, -0.05) is 78.9 Å². The zero-order valence-corrected chi connectivity index (χ0v) is 18.5. The van der Waals surface area contributed by atoms with Gasteiger partial charge in [-0.2, -0.15) is 0 Å². The monoisotopic (exact) mass is 432 g/mol. The number of amides is 2. The number of nitrogens with one attached hydrogen (secondary N) is 1. The summed E-state index contributed by atoms with van der Waals surface area (Å²) in [5, 5.41) is 2.94. The molecule has 0 heterocycles. The Morgan fingerprint density at radius 1 is 0.844 bits per heavy atom. The first-order valence-corrected chi connectivity index (χ1v) is 10.8. The summed E-state index contributed by atoms with van der Waals surface area (Å²) in [7, 11) is 0. The maximum Gasteiger partial charge on any atom is 0.243 e. The molecule has 2 amide bonds. The summed E-state index contributed by atoms with van der Waals surface area (Å²) in [6.45, 7) is 3.77. The Hall–Kier alpha value is -3.47. The summed E-state index contributed by atoms with van der Waals surface area (Å²) >= 11 is 0. The molecular formula is C27H29FN2O2. The third-order valence-corrected chi connectivity index (χ3v) is 5.20. The molecule has 1 atom stereocenters. The Morgan fingerprint density at radius 2 is 1.41 bits per heavy atom. The average Bonchev–Trinajstić information content (AvgIpc) is 2.78. The average molecular weight is 433 g/mol. The SMILES string of the molecule is CC(C)NC(=O)C(Cc1ccccc1)N(Cc1ccccc1F)C(=O)Cc1ccccc1. The minimum absolute atomic E-state index is 0.0152. The molecule has 0 aliphatic heterocycles. The van der Waals surface area contributed by atoms with E-state index in [1.165, 1.54) is 11.0 Å². The summed E-state index contributed by atoms with van der Waals surface area (Å²) in [5.74, 6) is -0.867. The first-order chi connectivity index (χ1) is 15.4. The summed E-state index contributed by atoms with van der Waals surface area (Å²) < 4.78 is 14.5. The van der Waals surface area contributed by atoms with E-state index in [2.05, 4.69) is 5.32 Å². The largest absolute Gasteiger partial charge is 0.352 e. The quantitative estimate of drug-likeness (QED) is 0.540. The van der Waals surface area contributed by atoms with E-state index in [1.807, 2.05) is 74.5 Å². The number of carbonyl (C=O) groups is 2. The number of nitrogens with zero attached hydrogens (tertiary/aromatic N) is 1. The van der Waals surface area contributed by atoms with Gasteiger partial charge in [0.2, 0.25) is 11.8 Å². The first kappa shape index (κ1) is 23.2. The Labute approximate surface area is 189 Å². The summed E-state index contributed by atoms with van der Waals surface area (Å²) in [6, 6.07) is 24.5. The molecule has 0 saturated carbocycles. The Balaban J connectivity index is 1.97. The van der Waals surface area contributed by atoms with Crippen LogP contribution in [-0.4, -0.2) is 28.8 Å². The second-order valence-electron chi connectivity index (χ2n) is 8.14. The van der Waals surface area contributed by atoms with Gasteiger partial charge in [0.25, 0.3) is 0 Å². The highest BCUT2D eigenvalue weighted by Crippen LogP contribution is 2.18. The molecule has 166 valence electrons. The van der Waals surface area contributed by atoms with Crippen LogP contribution in [0, 0.1) is 5.82 Å². The zero-order chi connectivity index (χ0) is 22.9. The molecule has 0 aliphatic carbocycles. The number of hydrogen-bond donors (Lipinski definition) is 1. The Morgan fingerprint density at radius 3 is 2.00 bits per heavy atom. The molecule has 5 heteroatoms. The van der Waals surface area contributed by atoms with Crippen molar-refractivity contribution in [2.24, 2.45) is 0 Å². The van der Waals surface area contributed by atoms with Crippen molar-refractivity contribution in [1.29, 1.82) is 0 Å². The predicted octanol–water partition coefficient (Wildman–Crippen LogP) is 4.53. The van der Waals surface area contributed by atoms with Crippen molar-refractivity contribution in [2.75, 3.05) is 0 Å². The first-order valence-electron chi connectivity index (χ1n) is 10.8. The van der Waals surface area contributed by atoms with Gasteiger partial charge in [0.15, 0.2) is 0 Å². The molecule has 0 aliphatic rings. The van der Waals surface area contributed by atoms with Gasteiger partial charge in [-0.3, -0.25) is 9.59 Å². The minimum Gasteiger partial charge on any atom is -0.352 e. The van der Waals surface area contributed by atoms with E-state index < -0.39 is 11.9 Å². The molecule has 0 bridgehead atoms. The van der Waals surface area contributed by atoms with Gasteiger partial charge in [-0.05, 0) is 31.0 Å². The molecule has 0 spiro atoms. The molecule has 1 N–H and O–H groups in total. The molecule has 4 nitrogen and oxygen atoms in total. The van der Waals surface area contributed by atoms with Crippen LogP contribution in [0.1, 0.15) is 30.5 Å². The topological polar surface area (TPSA) is 49.4 Å². The maximum atomic E-state index is 14.5. The second kappa shape index (κ2) is 11.2. The smallest absolute Gasteiger partial charge is 0.243 e. The highest BCUT2D eigenvalue weighted by Gasteiger charge is 2.31. The second-order valence-corrected chi connectivity index (χ2v) is 8.14. The van der Waals surface area contributed by atoms with Crippen LogP contribution in [0.5, 0.6) is 0 Å². The number of carbonyl (C=O) groups excluding carboxylic acids is 2. The fourth-order valence-electron chi connectivity index (χ4n) is 3.62. The van der Waals surface area contributed by atoms with E-state index in [-0.39, 0.29) is 30.8 Å². The van der Waals surface area contributed by atoms with Crippen molar-refractivity contribution in [2.45, 2.75) is 45.3 Å². The maximum absolute atomic E-state index is 14.5. The standard InChI is InChI=1S/C27H29FN2O2/c1-20(2)29-27(32)25(17-21-11-5-3-6-12-21)30(19-23-15-9-10-16-24(23)28)26(31)18-22-13-7-4-8-14-22/h3-16,20,25H,17-19H2,1-2H3,(H,29,32). The molecule has 0 aromatic heterocycles. The van der Waals surface area contributed by atoms with Gasteiger partial charge >= 0.3 is 0 Å². The lowest BCUT2D eigenvalue weighted by atomic mass is 10.0. The van der Waals surface area contributed by atoms with Crippen molar-refractivity contribution in [3.63, 3.8) is 0 Å². The zero-order valence-electron chi connectivity index (χ0n) is 18.5. The van der Waals surface area contributed by atoms with Crippen molar-refractivity contribution < 1.29 is 14.0 Å². The van der Waals surface area contributed by atoms with Crippen LogP contribution in [0.4, 0.5) is 4.39 Å². The minimum atomic E-state index is -0.768.